The summed E-state index contributed by atoms with van der Waals surface area (Å²) in [6.45, 7) is 2.31. The van der Waals surface area contributed by atoms with Crippen LogP contribution in [0.2, 0.25) is 0 Å². The summed E-state index contributed by atoms with van der Waals surface area (Å²) in [5.41, 5.74) is 8.83. The van der Waals surface area contributed by atoms with Crippen molar-refractivity contribution in [2.24, 2.45) is 0 Å². The standard InChI is InChI=1S/C26H20FN3OS/c1-16-9-19(5-7-23(16)27)26-22(18-6-8-24-25(11-18)32-15-30-24)12-20(14-29-26)28-13-17-3-2-4-21(31)10-17/h2-12,14-15,28,31H,13H2,1H3. The van der Waals surface area contributed by atoms with Crippen LogP contribution in [0.15, 0.2) is 78.4 Å². The summed E-state index contributed by atoms with van der Waals surface area (Å²) in [5, 5.41) is 13.1. The second kappa shape index (κ2) is 8.40. The minimum atomic E-state index is -0.231. The van der Waals surface area contributed by atoms with Gasteiger partial charge in [-0.2, -0.15) is 0 Å². The van der Waals surface area contributed by atoms with E-state index in [1.54, 1.807) is 42.7 Å². The van der Waals surface area contributed by atoms with E-state index in [9.17, 15) is 9.50 Å². The first-order valence-electron chi connectivity index (χ1n) is 10.2. The van der Waals surface area contributed by atoms with Gasteiger partial charge in [0, 0.05) is 17.7 Å². The minimum Gasteiger partial charge on any atom is -0.508 e. The smallest absolute Gasteiger partial charge is 0.126 e. The monoisotopic (exact) mass is 441 g/mol. The van der Waals surface area contributed by atoms with Gasteiger partial charge in [-0.3, -0.25) is 4.98 Å². The molecule has 0 fully saturated rings. The number of hydrogen-bond acceptors (Lipinski definition) is 5. The van der Waals surface area contributed by atoms with Crippen molar-refractivity contribution in [3.05, 3.63) is 95.4 Å². The zero-order valence-corrected chi connectivity index (χ0v) is 18.2. The maximum absolute atomic E-state index is 13.9. The molecule has 2 N–H and O–H groups in total. The van der Waals surface area contributed by atoms with Gasteiger partial charge in [0.05, 0.1) is 33.3 Å². The molecule has 5 aromatic rings. The van der Waals surface area contributed by atoms with Crippen molar-refractivity contribution in [1.29, 1.82) is 0 Å². The lowest BCUT2D eigenvalue weighted by Crippen LogP contribution is -2.01. The molecule has 2 heterocycles. The van der Waals surface area contributed by atoms with E-state index in [1.807, 2.05) is 35.8 Å². The molecule has 0 aliphatic rings. The fraction of sp³-hybridized carbons (Fsp3) is 0.0769. The molecule has 4 nitrogen and oxygen atoms in total. The van der Waals surface area contributed by atoms with Crippen LogP contribution in [0.1, 0.15) is 11.1 Å². The SMILES string of the molecule is Cc1cc(-c2ncc(NCc3cccc(O)c3)cc2-c2ccc3ncsc3c2)ccc1F. The summed E-state index contributed by atoms with van der Waals surface area (Å²) in [7, 11) is 0. The van der Waals surface area contributed by atoms with Crippen LogP contribution in [0.5, 0.6) is 5.75 Å². The largest absolute Gasteiger partial charge is 0.508 e. The number of aryl methyl sites for hydroxylation is 1. The first kappa shape index (κ1) is 20.2. The van der Waals surface area contributed by atoms with Gasteiger partial charge in [-0.1, -0.05) is 18.2 Å². The molecule has 0 bridgehead atoms. The van der Waals surface area contributed by atoms with Crippen LogP contribution in [0.4, 0.5) is 10.1 Å². The third kappa shape index (κ3) is 4.05. The van der Waals surface area contributed by atoms with E-state index < -0.39 is 0 Å². The maximum atomic E-state index is 13.9. The number of aromatic hydroxyl groups is 1. The number of phenolic OH excluding ortho intramolecular Hbond substituents is 1. The highest BCUT2D eigenvalue weighted by molar-refractivity contribution is 7.16. The van der Waals surface area contributed by atoms with Gasteiger partial charge in [0.25, 0.3) is 0 Å². The average molecular weight is 442 g/mol. The van der Waals surface area contributed by atoms with Gasteiger partial charge in [-0.25, -0.2) is 9.37 Å². The summed E-state index contributed by atoms with van der Waals surface area (Å²) in [5.74, 6) is 0.00813. The molecule has 0 atom stereocenters. The third-order valence-electron chi connectivity index (χ3n) is 5.37. The highest BCUT2D eigenvalue weighted by Gasteiger charge is 2.13. The number of nitrogens with one attached hydrogen (secondary N) is 1. The average Bonchev–Trinajstić information content (AvgIpc) is 3.27. The van der Waals surface area contributed by atoms with Crippen LogP contribution in [0, 0.1) is 12.7 Å². The molecule has 0 radical (unpaired) electrons. The summed E-state index contributed by atoms with van der Waals surface area (Å²) < 4.78 is 15.0. The van der Waals surface area contributed by atoms with Gasteiger partial charge in [-0.15, -0.1) is 11.3 Å². The number of halogens is 1. The molecule has 0 saturated heterocycles. The molecule has 0 saturated carbocycles. The van der Waals surface area contributed by atoms with Crippen molar-refractivity contribution in [3.63, 3.8) is 0 Å². The zero-order valence-electron chi connectivity index (χ0n) is 17.3. The molecule has 0 spiro atoms. The number of aromatic nitrogens is 2. The number of phenols is 1. The van der Waals surface area contributed by atoms with E-state index in [0.717, 1.165) is 43.9 Å². The maximum Gasteiger partial charge on any atom is 0.126 e. The lowest BCUT2D eigenvalue weighted by molar-refractivity contribution is 0.474. The molecule has 6 heteroatoms. The molecule has 32 heavy (non-hydrogen) atoms. The lowest BCUT2D eigenvalue weighted by Gasteiger charge is -2.14. The second-order valence-corrected chi connectivity index (χ2v) is 8.53. The van der Waals surface area contributed by atoms with Crippen molar-refractivity contribution in [1.82, 2.24) is 9.97 Å². The number of nitrogens with zero attached hydrogens (tertiary/aromatic N) is 2. The zero-order chi connectivity index (χ0) is 22.1. The Morgan fingerprint density at radius 3 is 2.69 bits per heavy atom. The Morgan fingerprint density at radius 2 is 1.84 bits per heavy atom. The highest BCUT2D eigenvalue weighted by Crippen LogP contribution is 2.35. The molecule has 0 unspecified atom stereocenters. The van der Waals surface area contributed by atoms with Gasteiger partial charge in [0.1, 0.15) is 11.6 Å². The van der Waals surface area contributed by atoms with Crippen LogP contribution < -0.4 is 5.32 Å². The van der Waals surface area contributed by atoms with E-state index >= 15 is 0 Å². The first-order chi connectivity index (χ1) is 15.6. The number of hydrogen-bond donors (Lipinski definition) is 2. The molecule has 158 valence electrons. The lowest BCUT2D eigenvalue weighted by atomic mass is 9.97. The molecular weight excluding hydrogens is 421 g/mol. The topological polar surface area (TPSA) is 58.0 Å². The van der Waals surface area contributed by atoms with E-state index in [4.69, 9.17) is 4.98 Å². The molecule has 0 aliphatic carbocycles. The number of benzene rings is 3. The van der Waals surface area contributed by atoms with Gasteiger partial charge >= 0.3 is 0 Å². The Morgan fingerprint density at radius 1 is 0.969 bits per heavy atom. The van der Waals surface area contributed by atoms with Gasteiger partial charge in [0.15, 0.2) is 0 Å². The number of thiazole rings is 1. The fourth-order valence-corrected chi connectivity index (χ4v) is 4.41. The highest BCUT2D eigenvalue weighted by atomic mass is 32.1. The van der Waals surface area contributed by atoms with Crippen LogP contribution in [0.3, 0.4) is 0 Å². The number of anilines is 1. The molecule has 2 aromatic heterocycles. The van der Waals surface area contributed by atoms with Crippen molar-refractivity contribution < 1.29 is 9.50 Å². The Kier molecular flexibility index (Phi) is 5.29. The molecule has 5 rings (SSSR count). The van der Waals surface area contributed by atoms with Crippen LogP contribution in [0.25, 0.3) is 32.6 Å². The summed E-state index contributed by atoms with van der Waals surface area (Å²) >= 11 is 1.59. The van der Waals surface area contributed by atoms with Crippen molar-refractivity contribution in [2.45, 2.75) is 13.5 Å². The van der Waals surface area contributed by atoms with Crippen LogP contribution in [-0.2, 0) is 6.54 Å². The first-order valence-corrected chi connectivity index (χ1v) is 11.1. The van der Waals surface area contributed by atoms with Crippen molar-refractivity contribution in [2.75, 3.05) is 5.32 Å². The normalized spacial score (nSPS) is 11.1. The molecular formula is C26H20FN3OS. The molecule has 0 aliphatic heterocycles. The van der Waals surface area contributed by atoms with E-state index in [0.29, 0.717) is 12.1 Å². The Labute approximate surface area is 189 Å². The predicted molar refractivity (Wildman–Crippen MR) is 128 cm³/mol. The summed E-state index contributed by atoms with van der Waals surface area (Å²) in [6.07, 6.45) is 1.78. The Bertz CT molecular complexity index is 1430. The summed E-state index contributed by atoms with van der Waals surface area (Å²) in [6, 6.07) is 20.4. The Balaban J connectivity index is 1.57. The number of pyridine rings is 1. The van der Waals surface area contributed by atoms with Gasteiger partial charge < -0.3 is 10.4 Å². The number of rotatable bonds is 5. The Hall–Kier alpha value is -3.77. The van der Waals surface area contributed by atoms with Crippen LogP contribution in [-0.4, -0.2) is 15.1 Å². The quantitative estimate of drug-likeness (QED) is 0.315. The van der Waals surface area contributed by atoms with E-state index in [2.05, 4.69) is 22.4 Å². The van der Waals surface area contributed by atoms with Crippen molar-refractivity contribution >= 4 is 27.2 Å². The van der Waals surface area contributed by atoms with Crippen LogP contribution >= 0.6 is 11.3 Å². The van der Waals surface area contributed by atoms with Gasteiger partial charge in [-0.05, 0) is 72.1 Å². The van der Waals surface area contributed by atoms with E-state index in [1.165, 1.54) is 6.07 Å². The van der Waals surface area contributed by atoms with Crippen molar-refractivity contribution in [3.8, 4) is 28.1 Å². The third-order valence-corrected chi connectivity index (χ3v) is 6.16. The summed E-state index contributed by atoms with van der Waals surface area (Å²) in [4.78, 5) is 9.12. The minimum absolute atomic E-state index is 0.231. The van der Waals surface area contributed by atoms with Gasteiger partial charge in [0.2, 0.25) is 0 Å². The number of fused-ring (bicyclic) bond motifs is 1. The predicted octanol–water partition coefficient (Wildman–Crippen LogP) is 6.79. The molecule has 3 aromatic carbocycles. The second-order valence-electron chi connectivity index (χ2n) is 7.64. The van der Waals surface area contributed by atoms with E-state index in [-0.39, 0.29) is 11.6 Å². The molecule has 0 amide bonds. The fourth-order valence-electron chi connectivity index (χ4n) is 3.70.